The largest absolute Gasteiger partial charge is 0.357 e. The number of nitrogens with zero attached hydrogens (tertiary/aromatic N) is 4. The summed E-state index contributed by atoms with van der Waals surface area (Å²) < 4.78 is 5.21. The van der Waals surface area contributed by atoms with Crippen molar-refractivity contribution in [3.8, 4) is 0 Å². The van der Waals surface area contributed by atoms with Crippen LogP contribution in [0, 0.1) is 0 Å². The molecule has 0 fully saturated rings. The molecule has 9 heteroatoms. The molecule has 1 heterocycles. The number of halogens is 1. The third-order valence-electron chi connectivity index (χ3n) is 3.69. The third-order valence-corrected chi connectivity index (χ3v) is 3.69. The van der Waals surface area contributed by atoms with Crippen LogP contribution in [-0.4, -0.2) is 59.6 Å². The Morgan fingerprint density at radius 1 is 1.23 bits per heavy atom. The number of rotatable bonds is 10. The Morgan fingerprint density at radius 3 is 2.46 bits per heavy atom. The van der Waals surface area contributed by atoms with Gasteiger partial charge in [-0.1, -0.05) is 19.0 Å². The topological polar surface area (TPSA) is 95.6 Å². The zero-order valence-electron chi connectivity index (χ0n) is 16.5. The summed E-state index contributed by atoms with van der Waals surface area (Å²) in [4.78, 5) is 22.7. The van der Waals surface area contributed by atoms with E-state index in [4.69, 9.17) is 4.52 Å². The highest BCUT2D eigenvalue weighted by Crippen LogP contribution is 2.09. The Morgan fingerprint density at radius 2 is 1.92 bits per heavy atom. The second-order valence-electron chi connectivity index (χ2n) is 5.95. The first-order valence-corrected chi connectivity index (χ1v) is 9.14. The molecule has 2 N–H and O–H groups in total. The van der Waals surface area contributed by atoms with E-state index in [1.165, 1.54) is 0 Å². The van der Waals surface area contributed by atoms with Gasteiger partial charge < -0.3 is 20.1 Å². The van der Waals surface area contributed by atoms with Gasteiger partial charge in [-0.05, 0) is 20.8 Å². The average molecular weight is 480 g/mol. The fourth-order valence-electron chi connectivity index (χ4n) is 2.23. The normalized spacial score (nSPS) is 11.2. The van der Waals surface area contributed by atoms with E-state index in [1.807, 2.05) is 39.5 Å². The summed E-state index contributed by atoms with van der Waals surface area (Å²) in [5.74, 6) is 2.42. The molecule has 1 aromatic rings. The van der Waals surface area contributed by atoms with E-state index in [0.29, 0.717) is 37.8 Å². The fourth-order valence-corrected chi connectivity index (χ4v) is 2.23. The van der Waals surface area contributed by atoms with Crippen LogP contribution in [0.15, 0.2) is 9.52 Å². The number of carbonyl (C=O) groups is 1. The summed E-state index contributed by atoms with van der Waals surface area (Å²) in [5, 5.41) is 10.3. The van der Waals surface area contributed by atoms with Gasteiger partial charge in [-0.3, -0.25) is 9.79 Å². The van der Waals surface area contributed by atoms with E-state index in [0.717, 1.165) is 25.5 Å². The van der Waals surface area contributed by atoms with E-state index in [-0.39, 0.29) is 35.8 Å². The van der Waals surface area contributed by atoms with Gasteiger partial charge in [0, 0.05) is 44.9 Å². The molecule has 1 aromatic heterocycles. The molecule has 1 rings (SSSR count). The summed E-state index contributed by atoms with van der Waals surface area (Å²) in [6.45, 7) is 13.4. The van der Waals surface area contributed by atoms with Gasteiger partial charge in [0.1, 0.15) is 0 Å². The van der Waals surface area contributed by atoms with E-state index in [2.05, 4.69) is 25.8 Å². The van der Waals surface area contributed by atoms with Gasteiger partial charge in [0.05, 0.1) is 6.54 Å². The highest BCUT2D eigenvalue weighted by molar-refractivity contribution is 14.0. The molecule has 0 aliphatic rings. The van der Waals surface area contributed by atoms with Crippen molar-refractivity contribution in [3.05, 3.63) is 11.7 Å². The van der Waals surface area contributed by atoms with Crippen molar-refractivity contribution in [2.45, 2.75) is 53.4 Å². The molecule has 0 saturated heterocycles. The third kappa shape index (κ3) is 8.81. The quantitative estimate of drug-likeness (QED) is 0.303. The summed E-state index contributed by atoms with van der Waals surface area (Å²) in [7, 11) is 0. The van der Waals surface area contributed by atoms with Gasteiger partial charge in [0.25, 0.3) is 0 Å². The molecule has 0 saturated carbocycles. The molecule has 1 amide bonds. The van der Waals surface area contributed by atoms with Crippen LogP contribution >= 0.6 is 24.0 Å². The summed E-state index contributed by atoms with van der Waals surface area (Å²) >= 11 is 0. The molecule has 0 aliphatic carbocycles. The van der Waals surface area contributed by atoms with Gasteiger partial charge in [0.15, 0.2) is 11.8 Å². The minimum Gasteiger partial charge on any atom is -0.357 e. The van der Waals surface area contributed by atoms with Crippen LogP contribution in [0.25, 0.3) is 0 Å². The molecule has 0 spiro atoms. The van der Waals surface area contributed by atoms with E-state index in [1.54, 1.807) is 0 Å². The van der Waals surface area contributed by atoms with Crippen molar-refractivity contribution >= 4 is 35.8 Å². The SMILES string of the molecule is CCNC(=NCCc1nc(C(C)C)no1)NCCC(=O)N(CC)CC.I. The molecule has 0 bridgehead atoms. The maximum Gasteiger partial charge on any atom is 0.228 e. The van der Waals surface area contributed by atoms with Crippen molar-refractivity contribution in [2.24, 2.45) is 4.99 Å². The Labute approximate surface area is 173 Å². The lowest BCUT2D eigenvalue weighted by atomic mass is 10.2. The van der Waals surface area contributed by atoms with Crippen molar-refractivity contribution in [1.82, 2.24) is 25.7 Å². The Kier molecular flexibility index (Phi) is 13.0. The molecule has 150 valence electrons. The Balaban J connectivity index is 0.00000625. The molecule has 26 heavy (non-hydrogen) atoms. The molecule has 0 atom stereocenters. The molecule has 0 unspecified atom stereocenters. The molecular formula is C17H33IN6O2. The zero-order chi connectivity index (χ0) is 18.7. The van der Waals surface area contributed by atoms with Crippen LogP contribution < -0.4 is 10.6 Å². The number of nitrogens with one attached hydrogen (secondary N) is 2. The van der Waals surface area contributed by atoms with Crippen LogP contribution in [-0.2, 0) is 11.2 Å². The lowest BCUT2D eigenvalue weighted by Crippen LogP contribution is -2.40. The maximum absolute atomic E-state index is 12.0. The Hall–Kier alpha value is -1.39. The van der Waals surface area contributed by atoms with Gasteiger partial charge in [-0.25, -0.2) is 0 Å². The minimum absolute atomic E-state index is 0. The lowest BCUT2D eigenvalue weighted by Gasteiger charge is -2.19. The standard InChI is InChI=1S/C17H32N6O2.HI/c1-6-18-17(20-12-10-15(24)23(7-2)8-3)19-11-9-14-21-16(13(4)5)22-25-14;/h13H,6-12H2,1-5H3,(H2,18,19,20);1H. The smallest absolute Gasteiger partial charge is 0.228 e. The number of amides is 1. The average Bonchev–Trinajstić information content (AvgIpc) is 3.05. The van der Waals surface area contributed by atoms with Crippen molar-refractivity contribution in [3.63, 3.8) is 0 Å². The Bertz CT molecular complexity index is 543. The molecule has 0 radical (unpaired) electrons. The predicted molar refractivity (Wildman–Crippen MR) is 114 cm³/mol. The lowest BCUT2D eigenvalue weighted by molar-refractivity contribution is -0.130. The molecule has 0 aliphatic heterocycles. The van der Waals surface area contributed by atoms with Gasteiger partial charge in [-0.2, -0.15) is 4.98 Å². The highest BCUT2D eigenvalue weighted by Gasteiger charge is 2.10. The number of hydrogen-bond acceptors (Lipinski definition) is 5. The summed E-state index contributed by atoms with van der Waals surface area (Å²) in [5.41, 5.74) is 0. The van der Waals surface area contributed by atoms with Crippen LogP contribution in [0.5, 0.6) is 0 Å². The van der Waals surface area contributed by atoms with Crippen LogP contribution in [0.4, 0.5) is 0 Å². The van der Waals surface area contributed by atoms with Gasteiger partial charge in [0.2, 0.25) is 11.8 Å². The highest BCUT2D eigenvalue weighted by atomic mass is 127. The minimum atomic E-state index is 0. The summed E-state index contributed by atoms with van der Waals surface area (Å²) in [6, 6.07) is 0. The number of aromatic nitrogens is 2. The number of aliphatic imine (C=N–C) groups is 1. The summed E-state index contributed by atoms with van der Waals surface area (Å²) in [6.07, 6.45) is 1.04. The van der Waals surface area contributed by atoms with Crippen LogP contribution in [0.2, 0.25) is 0 Å². The van der Waals surface area contributed by atoms with Crippen molar-refractivity contribution in [2.75, 3.05) is 32.7 Å². The fraction of sp³-hybridized carbons (Fsp3) is 0.765. The van der Waals surface area contributed by atoms with E-state index < -0.39 is 0 Å². The first-order valence-electron chi connectivity index (χ1n) is 9.14. The van der Waals surface area contributed by atoms with Crippen molar-refractivity contribution in [1.29, 1.82) is 0 Å². The molecule has 0 aromatic carbocycles. The second-order valence-corrected chi connectivity index (χ2v) is 5.95. The number of carbonyl (C=O) groups excluding carboxylic acids is 1. The first-order chi connectivity index (χ1) is 12.0. The van der Waals surface area contributed by atoms with Gasteiger partial charge >= 0.3 is 0 Å². The van der Waals surface area contributed by atoms with Crippen molar-refractivity contribution < 1.29 is 9.32 Å². The molecule has 8 nitrogen and oxygen atoms in total. The monoisotopic (exact) mass is 480 g/mol. The van der Waals surface area contributed by atoms with E-state index in [9.17, 15) is 4.79 Å². The van der Waals surface area contributed by atoms with Crippen LogP contribution in [0.3, 0.4) is 0 Å². The molecular weight excluding hydrogens is 447 g/mol. The van der Waals surface area contributed by atoms with Crippen LogP contribution in [0.1, 0.15) is 58.7 Å². The first kappa shape index (κ1) is 24.6. The zero-order valence-corrected chi connectivity index (χ0v) is 18.9. The van der Waals surface area contributed by atoms with Gasteiger partial charge in [-0.15, -0.1) is 24.0 Å². The second kappa shape index (κ2) is 13.8. The number of guanidine groups is 1. The maximum atomic E-state index is 12.0. The van der Waals surface area contributed by atoms with E-state index >= 15 is 0 Å². The predicted octanol–water partition coefficient (Wildman–Crippen LogP) is 2.17. The number of hydrogen-bond donors (Lipinski definition) is 2.